The number of hydrogen-bond donors (Lipinski definition) is 0. The fourth-order valence-electron chi connectivity index (χ4n) is 32.3. The highest BCUT2D eigenvalue weighted by Crippen LogP contribution is 2.73. The lowest BCUT2D eigenvalue weighted by Crippen LogP contribution is -2.47. The van der Waals surface area contributed by atoms with Gasteiger partial charge in [-0.2, -0.15) is 0 Å². The van der Waals surface area contributed by atoms with E-state index >= 15 is 0 Å². The van der Waals surface area contributed by atoms with Crippen LogP contribution in [0, 0.1) is 201 Å². The molecule has 18 rings (SSSR count). The Morgan fingerprint density at radius 2 is 0.804 bits per heavy atom. The number of esters is 3. The third-order valence-electron chi connectivity index (χ3n) is 35.3. The molecule has 92 heavy (non-hydrogen) atoms. The molecule has 0 aromatic rings. The monoisotopic (exact) mass is 1270 g/mol. The molecule has 9 heteroatoms. The molecule has 36 unspecified atom stereocenters. The van der Waals surface area contributed by atoms with Crippen molar-refractivity contribution in [2.24, 2.45) is 201 Å². The number of fused-ring (bicyclic) bond motifs is 31. The van der Waals surface area contributed by atoms with Gasteiger partial charge in [0.25, 0.3) is 0 Å². The van der Waals surface area contributed by atoms with Crippen LogP contribution in [0.2, 0.25) is 0 Å². The van der Waals surface area contributed by atoms with Crippen molar-refractivity contribution in [3.05, 3.63) is 0 Å². The number of rotatable bonds is 21. The van der Waals surface area contributed by atoms with Crippen LogP contribution < -0.4 is 0 Å². The Hall–Kier alpha value is -1.71. The maximum atomic E-state index is 13.3. The van der Waals surface area contributed by atoms with Gasteiger partial charge >= 0.3 is 17.9 Å². The summed E-state index contributed by atoms with van der Waals surface area (Å²) in [5.41, 5.74) is 0.301. The minimum Gasteiger partial charge on any atom is -0.438 e. The molecule has 0 aromatic heterocycles. The SMILES string of the molecule is CCC1CC(CC)C2C3CC(CC3C(=O)OCOC3(CC)CC4CC3C3C5CCC(C5)C43)C12.CCC1CC(CC)C2C3CC(CC3C(=O)OCOC3(CC)CC4CC3C3CCCC43)C12.CCC1CC(CC)C2C3CC(CC3C(=O)OCOCC3(C)CC4CCC3C4)C12. The molecule has 516 valence electrons. The first-order chi connectivity index (χ1) is 44.7. The van der Waals surface area contributed by atoms with Crippen LogP contribution in [0.4, 0.5) is 0 Å². The van der Waals surface area contributed by atoms with Crippen molar-refractivity contribution in [1.29, 1.82) is 0 Å². The summed E-state index contributed by atoms with van der Waals surface area (Å²) in [5, 5.41) is 0. The molecule has 18 fully saturated rings. The lowest BCUT2D eigenvalue weighted by atomic mass is 9.65. The lowest BCUT2D eigenvalue weighted by Gasteiger charge is -2.45. The van der Waals surface area contributed by atoms with E-state index in [0.29, 0.717) is 29.1 Å². The van der Waals surface area contributed by atoms with E-state index in [1.165, 1.54) is 167 Å². The second kappa shape index (κ2) is 25.5. The average molecular weight is 1270 g/mol. The summed E-state index contributed by atoms with van der Waals surface area (Å²) in [6.45, 7) is 22.5. The second-order valence-electron chi connectivity index (χ2n) is 37.5. The van der Waals surface area contributed by atoms with Gasteiger partial charge in [0.05, 0.1) is 35.6 Å². The highest BCUT2D eigenvalue weighted by atomic mass is 16.7. The van der Waals surface area contributed by atoms with Gasteiger partial charge in [0.15, 0.2) is 20.4 Å². The van der Waals surface area contributed by atoms with Crippen molar-refractivity contribution in [2.75, 3.05) is 27.0 Å². The van der Waals surface area contributed by atoms with Crippen LogP contribution in [0.1, 0.15) is 261 Å². The van der Waals surface area contributed by atoms with Gasteiger partial charge in [-0.3, -0.25) is 14.4 Å². The Morgan fingerprint density at radius 3 is 1.27 bits per heavy atom. The Morgan fingerprint density at radius 1 is 0.359 bits per heavy atom. The van der Waals surface area contributed by atoms with Crippen LogP contribution >= 0.6 is 0 Å². The third-order valence-corrected chi connectivity index (χ3v) is 35.3. The van der Waals surface area contributed by atoms with Crippen molar-refractivity contribution in [3.8, 4) is 0 Å². The van der Waals surface area contributed by atoms with Gasteiger partial charge in [-0.1, -0.05) is 114 Å². The van der Waals surface area contributed by atoms with Gasteiger partial charge in [0.1, 0.15) is 0 Å². The van der Waals surface area contributed by atoms with E-state index in [0.717, 1.165) is 193 Å². The van der Waals surface area contributed by atoms with E-state index in [2.05, 4.69) is 62.3 Å². The third kappa shape index (κ3) is 10.3. The molecule has 18 saturated carbocycles. The molecule has 0 aliphatic heterocycles. The maximum Gasteiger partial charge on any atom is 0.311 e. The van der Waals surface area contributed by atoms with Crippen molar-refractivity contribution in [1.82, 2.24) is 0 Å². The Bertz CT molecular complexity index is 2660. The molecule has 18 aliphatic rings. The normalized spacial score (nSPS) is 54.2. The van der Waals surface area contributed by atoms with E-state index < -0.39 is 0 Å². The molecule has 0 amide bonds. The summed E-state index contributed by atoms with van der Waals surface area (Å²) in [5.74, 6) is 25.8. The van der Waals surface area contributed by atoms with E-state index in [-0.39, 0.29) is 67.2 Å². The highest BCUT2D eigenvalue weighted by Gasteiger charge is 2.69. The van der Waals surface area contributed by atoms with Gasteiger partial charge < -0.3 is 28.4 Å². The van der Waals surface area contributed by atoms with Gasteiger partial charge in [-0.15, -0.1) is 0 Å². The molecular formula is C83H130O9. The molecule has 0 heterocycles. The summed E-state index contributed by atoms with van der Waals surface area (Å²) in [6, 6.07) is 0. The first-order valence-corrected chi connectivity index (χ1v) is 41.1. The Kier molecular flexibility index (Phi) is 18.0. The van der Waals surface area contributed by atoms with Crippen LogP contribution in [0.25, 0.3) is 0 Å². The fourth-order valence-corrected chi connectivity index (χ4v) is 32.3. The zero-order chi connectivity index (χ0) is 63.3. The van der Waals surface area contributed by atoms with E-state index in [9.17, 15) is 14.4 Å². The van der Waals surface area contributed by atoms with Gasteiger partial charge in [0.2, 0.25) is 0 Å². The predicted molar refractivity (Wildman–Crippen MR) is 358 cm³/mol. The van der Waals surface area contributed by atoms with Crippen LogP contribution in [-0.4, -0.2) is 56.1 Å². The Labute approximate surface area is 558 Å². The van der Waals surface area contributed by atoms with E-state index in [1.54, 1.807) is 0 Å². The minimum absolute atomic E-state index is 0.0104. The number of carbonyl (C=O) groups is 3. The molecule has 36 atom stereocenters. The van der Waals surface area contributed by atoms with Crippen molar-refractivity contribution >= 4 is 17.9 Å². The summed E-state index contributed by atoms with van der Waals surface area (Å²) in [4.78, 5) is 39.3. The summed E-state index contributed by atoms with van der Waals surface area (Å²) in [7, 11) is 0. The first-order valence-electron chi connectivity index (χ1n) is 41.1. The molecule has 0 radical (unpaired) electrons. The van der Waals surface area contributed by atoms with Crippen LogP contribution in [0.15, 0.2) is 0 Å². The topological polar surface area (TPSA) is 107 Å². The van der Waals surface area contributed by atoms with Gasteiger partial charge in [0, 0.05) is 0 Å². The maximum absolute atomic E-state index is 13.3. The van der Waals surface area contributed by atoms with E-state index in [4.69, 9.17) is 28.4 Å². The summed E-state index contributed by atoms with van der Waals surface area (Å²) >= 11 is 0. The molecule has 14 bridgehead atoms. The molecule has 0 spiro atoms. The van der Waals surface area contributed by atoms with Crippen molar-refractivity contribution in [3.63, 3.8) is 0 Å². The smallest absolute Gasteiger partial charge is 0.311 e. The second-order valence-corrected chi connectivity index (χ2v) is 37.5. The van der Waals surface area contributed by atoms with E-state index in [1.807, 2.05) is 0 Å². The molecule has 0 aromatic carbocycles. The Balaban J connectivity index is 0.000000110. The zero-order valence-electron chi connectivity index (χ0n) is 59.5. The van der Waals surface area contributed by atoms with Crippen molar-refractivity contribution < 1.29 is 42.8 Å². The summed E-state index contributed by atoms with van der Waals surface area (Å²) in [6.07, 6.45) is 40.7. The van der Waals surface area contributed by atoms with Crippen LogP contribution in [-0.2, 0) is 42.8 Å². The fraction of sp³-hybridized carbons (Fsp3) is 0.964. The first kappa shape index (κ1) is 64.9. The molecule has 9 nitrogen and oxygen atoms in total. The largest absolute Gasteiger partial charge is 0.438 e. The predicted octanol–water partition coefficient (Wildman–Crippen LogP) is 18.8. The highest BCUT2D eigenvalue weighted by molar-refractivity contribution is 5.74. The minimum atomic E-state index is -0.0106. The molecular weight excluding hydrogens is 1140 g/mol. The number of hydrogen-bond acceptors (Lipinski definition) is 9. The molecule has 0 saturated heterocycles. The average Bonchev–Trinajstić information content (AvgIpc) is 1.62. The summed E-state index contributed by atoms with van der Waals surface area (Å²) < 4.78 is 36.6. The van der Waals surface area contributed by atoms with Gasteiger partial charge in [-0.05, 0) is 331 Å². The zero-order valence-corrected chi connectivity index (χ0v) is 59.5. The number of carbonyl (C=O) groups excluding carboxylic acids is 3. The quantitative estimate of drug-likeness (QED) is 0.0365. The van der Waals surface area contributed by atoms with Crippen LogP contribution in [0.3, 0.4) is 0 Å². The van der Waals surface area contributed by atoms with Gasteiger partial charge in [-0.25, -0.2) is 0 Å². The van der Waals surface area contributed by atoms with Crippen molar-refractivity contribution in [2.45, 2.75) is 273 Å². The van der Waals surface area contributed by atoms with Crippen LogP contribution in [0.5, 0.6) is 0 Å². The lowest BCUT2D eigenvalue weighted by molar-refractivity contribution is -0.196. The molecule has 0 N–H and O–H groups in total. The number of ether oxygens (including phenoxy) is 6. The molecule has 18 aliphatic carbocycles. The standard InChI is InChI=1S/C30H46O3.C28H44O3.C25H40O3/c1-4-16-9-17(5-2)27-22-11-20(25(16)27)12-23(22)29(31)32-15-33-30(6-3)14-21-13-24(30)28-19-8-7-18(10-19)26(21)28;1-4-16-10-17(5-2)26-22-11-18(25(16)26)12-23(22)27(29)30-15-31-28(6-3)14-19-13-24(28)21-9-7-8-20(19)21;1-4-16-9-17(5-2)23-20-10-18(22(16)23)11-21(20)24(26)28-14-27-13-25(3)12-15-6-7-19(25)8-15/h16-28H,4-15H2,1-3H3;16-26H,4-15H2,1-3H3;15-23H,4-14H2,1-3H3.